The van der Waals surface area contributed by atoms with E-state index in [1.165, 1.54) is 11.1 Å². The van der Waals surface area contributed by atoms with Gasteiger partial charge in [0.2, 0.25) is 0 Å². The van der Waals surface area contributed by atoms with Gasteiger partial charge in [-0.05, 0) is 16.7 Å². The van der Waals surface area contributed by atoms with Gasteiger partial charge in [0, 0.05) is 13.1 Å². The summed E-state index contributed by atoms with van der Waals surface area (Å²) in [5, 5.41) is 31.9. The highest BCUT2D eigenvalue weighted by atomic mass is 16.6. The molecule has 4 atom stereocenters. The van der Waals surface area contributed by atoms with Crippen molar-refractivity contribution in [3.63, 3.8) is 0 Å². The van der Waals surface area contributed by atoms with Gasteiger partial charge in [0.25, 0.3) is 0 Å². The van der Waals surface area contributed by atoms with Crippen LogP contribution in [0.2, 0.25) is 0 Å². The molecule has 0 bridgehead atoms. The number of hydrogen-bond acceptors (Lipinski definition) is 5. The van der Waals surface area contributed by atoms with Crippen molar-refractivity contribution < 1.29 is 20.1 Å². The fraction of sp³-hybridized carbons (Fsp3) is 0.368. The molecule has 0 saturated carbocycles. The summed E-state index contributed by atoms with van der Waals surface area (Å²) < 4.78 is 5.44. The van der Waals surface area contributed by atoms with Crippen LogP contribution in [0.5, 0.6) is 0 Å². The lowest BCUT2D eigenvalue weighted by Crippen LogP contribution is -2.38. The highest BCUT2D eigenvalue weighted by Crippen LogP contribution is 2.21. The molecule has 128 valence electrons. The molecular weight excluding hydrogens is 306 g/mol. The van der Waals surface area contributed by atoms with Gasteiger partial charge in [0.05, 0.1) is 12.7 Å². The van der Waals surface area contributed by atoms with Crippen LogP contribution in [-0.2, 0) is 11.3 Å². The SMILES string of the molecule is OC[C@H]1O[C@H](CNCc2ccc(-c3ccccc3)cc2)[C@@H](O)[C@@H]1O. The van der Waals surface area contributed by atoms with E-state index in [-0.39, 0.29) is 6.61 Å². The van der Waals surface area contributed by atoms with Crippen molar-refractivity contribution in [1.29, 1.82) is 0 Å². The minimum atomic E-state index is -1.04. The van der Waals surface area contributed by atoms with Gasteiger partial charge in [-0.2, -0.15) is 0 Å². The quantitative estimate of drug-likeness (QED) is 0.634. The summed E-state index contributed by atoms with van der Waals surface area (Å²) in [6, 6.07) is 18.5. The molecule has 1 heterocycles. The van der Waals surface area contributed by atoms with Crippen molar-refractivity contribution in [2.24, 2.45) is 0 Å². The Hall–Kier alpha value is -1.76. The van der Waals surface area contributed by atoms with Gasteiger partial charge in [-0.15, -0.1) is 0 Å². The molecule has 24 heavy (non-hydrogen) atoms. The Morgan fingerprint density at radius 3 is 2.08 bits per heavy atom. The average Bonchev–Trinajstić information content (AvgIpc) is 2.91. The van der Waals surface area contributed by atoms with Crippen molar-refractivity contribution >= 4 is 0 Å². The maximum Gasteiger partial charge on any atom is 0.111 e. The Morgan fingerprint density at radius 1 is 0.833 bits per heavy atom. The summed E-state index contributed by atoms with van der Waals surface area (Å²) in [7, 11) is 0. The predicted octanol–water partition coefficient (Wildman–Crippen LogP) is 0.925. The molecule has 5 heteroatoms. The number of nitrogens with one attached hydrogen (secondary N) is 1. The van der Waals surface area contributed by atoms with E-state index >= 15 is 0 Å². The zero-order valence-electron chi connectivity index (χ0n) is 13.4. The predicted molar refractivity (Wildman–Crippen MR) is 91.3 cm³/mol. The lowest BCUT2D eigenvalue weighted by atomic mass is 10.0. The number of aliphatic hydroxyl groups excluding tert-OH is 3. The first-order valence-corrected chi connectivity index (χ1v) is 8.16. The van der Waals surface area contributed by atoms with E-state index in [4.69, 9.17) is 9.84 Å². The first-order valence-electron chi connectivity index (χ1n) is 8.16. The smallest absolute Gasteiger partial charge is 0.111 e. The van der Waals surface area contributed by atoms with Crippen LogP contribution in [0.25, 0.3) is 11.1 Å². The number of ether oxygens (including phenoxy) is 1. The zero-order valence-corrected chi connectivity index (χ0v) is 13.4. The van der Waals surface area contributed by atoms with Gasteiger partial charge in [0.15, 0.2) is 0 Å². The Balaban J connectivity index is 1.51. The monoisotopic (exact) mass is 329 g/mol. The van der Waals surface area contributed by atoms with E-state index in [0.29, 0.717) is 13.1 Å². The van der Waals surface area contributed by atoms with E-state index < -0.39 is 24.4 Å². The van der Waals surface area contributed by atoms with Gasteiger partial charge >= 0.3 is 0 Å². The van der Waals surface area contributed by atoms with Crippen molar-refractivity contribution in [2.45, 2.75) is 31.0 Å². The van der Waals surface area contributed by atoms with E-state index in [2.05, 4.69) is 41.7 Å². The first kappa shape index (κ1) is 17.1. The highest BCUT2D eigenvalue weighted by molar-refractivity contribution is 5.63. The largest absolute Gasteiger partial charge is 0.394 e. The first-order chi connectivity index (χ1) is 11.7. The molecule has 0 amide bonds. The maximum absolute atomic E-state index is 9.89. The minimum absolute atomic E-state index is 0.296. The van der Waals surface area contributed by atoms with Crippen LogP contribution >= 0.6 is 0 Å². The van der Waals surface area contributed by atoms with Crippen LogP contribution in [0.1, 0.15) is 5.56 Å². The summed E-state index contributed by atoms with van der Waals surface area (Å²) in [4.78, 5) is 0. The summed E-state index contributed by atoms with van der Waals surface area (Å²) in [5.41, 5.74) is 3.48. The topological polar surface area (TPSA) is 82.0 Å². The molecule has 1 aliphatic rings. The third-order valence-electron chi connectivity index (χ3n) is 4.38. The molecule has 2 aromatic carbocycles. The third kappa shape index (κ3) is 3.83. The Kier molecular flexibility index (Phi) is 5.60. The maximum atomic E-state index is 9.89. The van der Waals surface area contributed by atoms with Gasteiger partial charge in [-0.1, -0.05) is 54.6 Å². The summed E-state index contributed by atoms with van der Waals surface area (Å²) >= 11 is 0. The van der Waals surface area contributed by atoms with Crippen molar-refractivity contribution in [3.05, 3.63) is 60.2 Å². The molecule has 4 N–H and O–H groups in total. The van der Waals surface area contributed by atoms with E-state index in [1.54, 1.807) is 0 Å². The van der Waals surface area contributed by atoms with Gasteiger partial charge in [-0.25, -0.2) is 0 Å². The standard InChI is InChI=1S/C19H23NO4/c21-12-17-19(23)18(22)16(24-17)11-20-10-13-6-8-15(9-7-13)14-4-2-1-3-5-14/h1-9,16-23H,10-12H2/t16-,17-,18-,19-/m1/s1. The second kappa shape index (κ2) is 7.88. The minimum Gasteiger partial charge on any atom is -0.394 e. The van der Waals surface area contributed by atoms with E-state index in [1.807, 2.05) is 18.2 Å². The fourth-order valence-electron chi connectivity index (χ4n) is 2.95. The molecule has 0 aromatic heterocycles. The van der Waals surface area contributed by atoms with Crippen LogP contribution in [0, 0.1) is 0 Å². The molecule has 0 radical (unpaired) electrons. The number of hydrogen-bond donors (Lipinski definition) is 4. The Morgan fingerprint density at radius 2 is 1.46 bits per heavy atom. The normalized spacial score (nSPS) is 26.6. The Bertz CT molecular complexity index is 632. The Labute approximate surface area is 141 Å². The molecule has 0 unspecified atom stereocenters. The summed E-state index contributed by atoms with van der Waals surface area (Å²) in [5.74, 6) is 0. The lowest BCUT2D eigenvalue weighted by Gasteiger charge is -2.15. The van der Waals surface area contributed by atoms with Crippen LogP contribution < -0.4 is 5.32 Å². The molecule has 1 aliphatic heterocycles. The average molecular weight is 329 g/mol. The molecular formula is C19H23NO4. The van der Waals surface area contributed by atoms with Gasteiger partial charge < -0.3 is 25.4 Å². The van der Waals surface area contributed by atoms with Crippen molar-refractivity contribution in [3.8, 4) is 11.1 Å². The summed E-state index contributed by atoms with van der Waals surface area (Å²) in [6.45, 7) is 0.756. The molecule has 5 nitrogen and oxygen atoms in total. The molecule has 0 spiro atoms. The number of rotatable bonds is 6. The second-order valence-corrected chi connectivity index (χ2v) is 6.07. The van der Waals surface area contributed by atoms with E-state index in [9.17, 15) is 10.2 Å². The second-order valence-electron chi connectivity index (χ2n) is 6.07. The molecule has 3 rings (SSSR count). The van der Waals surface area contributed by atoms with Crippen molar-refractivity contribution in [2.75, 3.05) is 13.2 Å². The van der Waals surface area contributed by atoms with E-state index in [0.717, 1.165) is 5.56 Å². The lowest BCUT2D eigenvalue weighted by molar-refractivity contribution is -0.0213. The summed E-state index contributed by atoms with van der Waals surface area (Å²) in [6.07, 6.45) is -3.24. The van der Waals surface area contributed by atoms with Crippen LogP contribution in [0.15, 0.2) is 54.6 Å². The molecule has 2 aromatic rings. The van der Waals surface area contributed by atoms with Crippen LogP contribution in [0.4, 0.5) is 0 Å². The molecule has 1 fully saturated rings. The fourth-order valence-corrected chi connectivity index (χ4v) is 2.95. The molecule has 0 aliphatic carbocycles. The number of benzene rings is 2. The van der Waals surface area contributed by atoms with Crippen LogP contribution in [-0.4, -0.2) is 52.9 Å². The zero-order chi connectivity index (χ0) is 16.9. The van der Waals surface area contributed by atoms with Gasteiger partial charge in [-0.3, -0.25) is 0 Å². The van der Waals surface area contributed by atoms with Crippen molar-refractivity contribution in [1.82, 2.24) is 5.32 Å². The molecule has 1 saturated heterocycles. The number of aliphatic hydroxyl groups is 3. The van der Waals surface area contributed by atoms with Gasteiger partial charge in [0.1, 0.15) is 18.3 Å². The third-order valence-corrected chi connectivity index (χ3v) is 4.38. The van der Waals surface area contributed by atoms with Crippen LogP contribution in [0.3, 0.4) is 0 Å². The highest BCUT2D eigenvalue weighted by Gasteiger charge is 2.41.